The van der Waals surface area contributed by atoms with Crippen molar-refractivity contribution in [1.29, 1.82) is 0 Å². The number of hydrogen-bond donors (Lipinski definition) is 0. The molecule has 74 valence electrons. The zero-order valence-electron chi connectivity index (χ0n) is 6.70. The lowest BCUT2D eigenvalue weighted by atomic mass is 9.89. The largest absolute Gasteiger partial charge is 0.396 e. The first-order valence-electron chi connectivity index (χ1n) is 3.55. The molecule has 0 radical (unpaired) electrons. The molecular weight excluding hydrogens is 252 g/mol. The molecular formula is C8H7BrF4. The molecule has 0 fully saturated rings. The average Bonchev–Trinajstić information content (AvgIpc) is 1.79. The molecule has 5 heteroatoms. The van der Waals surface area contributed by atoms with Crippen LogP contribution in [0.4, 0.5) is 17.6 Å². The van der Waals surface area contributed by atoms with Gasteiger partial charge in [0.05, 0.1) is 10.2 Å². The van der Waals surface area contributed by atoms with Gasteiger partial charge in [-0.15, -0.1) is 0 Å². The molecule has 0 aromatic rings. The summed E-state index contributed by atoms with van der Waals surface area (Å²) in [5.41, 5.74) is 0. The maximum atomic E-state index is 12.6. The lowest BCUT2D eigenvalue weighted by molar-refractivity contribution is -0.164. The van der Waals surface area contributed by atoms with Crippen LogP contribution in [0, 0.1) is 5.92 Å². The van der Waals surface area contributed by atoms with Crippen molar-refractivity contribution in [3.8, 4) is 0 Å². The topological polar surface area (TPSA) is 0 Å². The van der Waals surface area contributed by atoms with Crippen LogP contribution < -0.4 is 0 Å². The van der Waals surface area contributed by atoms with Gasteiger partial charge >= 0.3 is 6.18 Å². The average molecular weight is 259 g/mol. The van der Waals surface area contributed by atoms with E-state index in [4.69, 9.17) is 0 Å². The highest BCUT2D eigenvalue weighted by Gasteiger charge is 2.48. The minimum atomic E-state index is -4.36. The molecule has 0 bridgehead atoms. The smallest absolute Gasteiger partial charge is 0.207 e. The van der Waals surface area contributed by atoms with Crippen LogP contribution in [0.15, 0.2) is 24.1 Å². The van der Waals surface area contributed by atoms with Crippen molar-refractivity contribution in [2.45, 2.75) is 17.4 Å². The fourth-order valence-corrected chi connectivity index (χ4v) is 1.84. The van der Waals surface area contributed by atoms with E-state index in [1.165, 1.54) is 6.92 Å². The van der Waals surface area contributed by atoms with Crippen molar-refractivity contribution >= 4 is 15.9 Å². The van der Waals surface area contributed by atoms with Gasteiger partial charge in [-0.3, -0.25) is 0 Å². The van der Waals surface area contributed by atoms with E-state index < -0.39 is 22.2 Å². The van der Waals surface area contributed by atoms with Gasteiger partial charge in [0.25, 0.3) is 0 Å². The summed E-state index contributed by atoms with van der Waals surface area (Å²) in [5.74, 6) is -2.33. The molecule has 0 aromatic carbocycles. The fourth-order valence-electron chi connectivity index (χ4n) is 1.21. The van der Waals surface area contributed by atoms with Crippen LogP contribution >= 0.6 is 15.9 Å². The second kappa shape index (κ2) is 3.12. The first-order valence-corrected chi connectivity index (χ1v) is 4.35. The zero-order valence-corrected chi connectivity index (χ0v) is 8.29. The van der Waals surface area contributed by atoms with Crippen LogP contribution in [0.5, 0.6) is 0 Å². The van der Waals surface area contributed by atoms with Gasteiger partial charge in [0, 0.05) is 0 Å². The molecule has 1 aliphatic rings. The number of alkyl halides is 4. The summed E-state index contributed by atoms with van der Waals surface area (Å²) in [7, 11) is 0. The number of hydrogen-bond acceptors (Lipinski definition) is 0. The Kier molecular flexibility index (Phi) is 2.58. The molecule has 0 amide bonds. The molecule has 1 aliphatic carbocycles. The van der Waals surface area contributed by atoms with E-state index in [0.717, 1.165) is 18.2 Å². The molecule has 2 unspecified atom stereocenters. The summed E-state index contributed by atoms with van der Waals surface area (Å²) in [6, 6.07) is 0. The molecule has 13 heavy (non-hydrogen) atoms. The Hall–Kier alpha value is -0.320. The van der Waals surface area contributed by atoms with Crippen molar-refractivity contribution < 1.29 is 17.6 Å². The minimum Gasteiger partial charge on any atom is -0.207 e. The van der Waals surface area contributed by atoms with Crippen molar-refractivity contribution in [3.05, 3.63) is 24.1 Å². The van der Waals surface area contributed by atoms with Crippen molar-refractivity contribution in [2.24, 2.45) is 5.92 Å². The summed E-state index contributed by atoms with van der Waals surface area (Å²) in [4.78, 5) is 0. The van der Waals surface area contributed by atoms with E-state index in [-0.39, 0.29) is 0 Å². The second-order valence-corrected chi connectivity index (χ2v) is 4.77. The van der Waals surface area contributed by atoms with Gasteiger partial charge in [-0.25, -0.2) is 4.39 Å². The predicted molar refractivity (Wildman–Crippen MR) is 45.2 cm³/mol. The summed E-state index contributed by atoms with van der Waals surface area (Å²) in [6.07, 6.45) is -1.78. The Bertz CT molecular complexity index is 262. The molecule has 0 heterocycles. The van der Waals surface area contributed by atoms with E-state index in [2.05, 4.69) is 15.9 Å². The van der Waals surface area contributed by atoms with E-state index >= 15 is 0 Å². The van der Waals surface area contributed by atoms with E-state index in [1.807, 2.05) is 0 Å². The zero-order chi connectivity index (χ0) is 10.3. The highest BCUT2D eigenvalue weighted by molar-refractivity contribution is 9.10. The van der Waals surface area contributed by atoms with Crippen LogP contribution in [-0.2, 0) is 0 Å². The first kappa shape index (κ1) is 10.8. The van der Waals surface area contributed by atoms with Gasteiger partial charge in [0.2, 0.25) is 0 Å². The SMILES string of the molecule is CC1(Br)C=C(F)C=CC1C(F)(F)F. The minimum absolute atomic E-state index is 0.653. The number of allylic oxidation sites excluding steroid dienone is 4. The van der Waals surface area contributed by atoms with Crippen molar-refractivity contribution in [1.82, 2.24) is 0 Å². The summed E-state index contributed by atoms with van der Waals surface area (Å²) in [5, 5.41) is 0. The number of rotatable bonds is 0. The number of halogens is 5. The molecule has 2 atom stereocenters. The van der Waals surface area contributed by atoms with E-state index in [1.54, 1.807) is 0 Å². The van der Waals surface area contributed by atoms with Crippen molar-refractivity contribution in [2.75, 3.05) is 0 Å². The normalized spacial score (nSPS) is 34.6. The summed E-state index contributed by atoms with van der Waals surface area (Å²) in [6.45, 7) is 1.29. The second-order valence-electron chi connectivity index (χ2n) is 3.06. The third-order valence-electron chi connectivity index (χ3n) is 1.83. The lowest BCUT2D eigenvalue weighted by Crippen LogP contribution is -2.37. The molecule has 0 aliphatic heterocycles. The molecule has 1 rings (SSSR count). The Morgan fingerprint density at radius 2 is 2.00 bits per heavy atom. The third-order valence-corrected chi connectivity index (χ3v) is 2.55. The summed E-state index contributed by atoms with van der Waals surface area (Å²) >= 11 is 2.85. The quantitative estimate of drug-likeness (QED) is 0.459. The van der Waals surface area contributed by atoms with Crippen LogP contribution in [0.1, 0.15) is 6.92 Å². The molecule has 0 aromatic heterocycles. The van der Waals surface area contributed by atoms with Gasteiger partial charge < -0.3 is 0 Å². The Morgan fingerprint density at radius 3 is 2.38 bits per heavy atom. The van der Waals surface area contributed by atoms with Gasteiger partial charge in [0.1, 0.15) is 5.83 Å². The Labute approximate surface area is 81.4 Å². The Morgan fingerprint density at radius 1 is 1.46 bits per heavy atom. The first-order chi connectivity index (χ1) is 5.73. The van der Waals surface area contributed by atoms with E-state index in [9.17, 15) is 17.6 Å². The molecule has 0 saturated carbocycles. The fraction of sp³-hybridized carbons (Fsp3) is 0.500. The lowest BCUT2D eigenvalue weighted by Gasteiger charge is -2.31. The maximum absolute atomic E-state index is 12.6. The molecule has 0 N–H and O–H groups in total. The van der Waals surface area contributed by atoms with E-state index in [0.29, 0.717) is 0 Å². The van der Waals surface area contributed by atoms with Gasteiger partial charge in [0.15, 0.2) is 0 Å². The summed E-state index contributed by atoms with van der Waals surface area (Å²) < 4.78 is 48.2. The van der Waals surface area contributed by atoms with Crippen molar-refractivity contribution in [3.63, 3.8) is 0 Å². The molecule has 0 spiro atoms. The third kappa shape index (κ3) is 2.33. The van der Waals surface area contributed by atoms with Gasteiger partial charge in [-0.1, -0.05) is 22.0 Å². The monoisotopic (exact) mass is 258 g/mol. The molecule has 0 saturated heterocycles. The highest BCUT2D eigenvalue weighted by atomic mass is 79.9. The highest BCUT2D eigenvalue weighted by Crippen LogP contribution is 2.44. The molecule has 0 nitrogen and oxygen atoms in total. The van der Waals surface area contributed by atoms with Gasteiger partial charge in [-0.2, -0.15) is 13.2 Å². The maximum Gasteiger partial charge on any atom is 0.396 e. The predicted octanol–water partition coefficient (Wildman–Crippen LogP) is 3.74. The standard InChI is InChI=1S/C8H7BrF4/c1-7(9)4-5(10)2-3-6(7)8(11,12)13/h2-4,6H,1H3. The van der Waals surface area contributed by atoms with Crippen LogP contribution in [-0.4, -0.2) is 10.5 Å². The van der Waals surface area contributed by atoms with Crippen LogP contribution in [0.25, 0.3) is 0 Å². The van der Waals surface area contributed by atoms with Gasteiger partial charge in [-0.05, 0) is 19.1 Å². The van der Waals surface area contributed by atoms with Crippen LogP contribution in [0.3, 0.4) is 0 Å². The van der Waals surface area contributed by atoms with Crippen LogP contribution in [0.2, 0.25) is 0 Å². The Balaban J connectivity index is 2.99.